The normalized spacial score (nSPS) is 52.5. The topological polar surface area (TPSA) is 42.1 Å². The molecule has 0 bridgehead atoms. The number of hydrogen-bond donors (Lipinski definition) is 0. The van der Waals surface area contributed by atoms with Gasteiger partial charge < -0.3 is 9.47 Å². The maximum Gasteiger partial charge on any atom is 0.167 e. The van der Waals surface area contributed by atoms with Gasteiger partial charge in [-0.1, -0.05) is 0 Å². The van der Waals surface area contributed by atoms with Crippen LogP contribution in [0.25, 0.3) is 0 Å². The second kappa shape index (κ2) is 2.34. The first kappa shape index (κ1) is 7.94. The van der Waals surface area contributed by atoms with Crippen LogP contribution in [0, 0.1) is 5.92 Å². The fourth-order valence-electron chi connectivity index (χ4n) is 2.38. The molecule has 3 heteroatoms. The lowest BCUT2D eigenvalue weighted by Gasteiger charge is -2.20. The van der Waals surface area contributed by atoms with Crippen molar-refractivity contribution in [1.29, 1.82) is 0 Å². The van der Waals surface area contributed by atoms with Gasteiger partial charge in [0.05, 0.1) is 18.3 Å². The average Bonchev–Trinajstić information content (AvgIpc) is 2.97. The van der Waals surface area contributed by atoms with Gasteiger partial charge >= 0.3 is 0 Å². The molecule has 4 unspecified atom stereocenters. The van der Waals surface area contributed by atoms with E-state index in [1.807, 2.05) is 0 Å². The molecular weight excluding hydrogens is 168 g/mol. The molecule has 3 fully saturated rings. The van der Waals surface area contributed by atoms with Crippen molar-refractivity contribution >= 4 is 5.78 Å². The molecule has 1 aliphatic carbocycles. The Bertz CT molecular complexity index is 259. The van der Waals surface area contributed by atoms with Gasteiger partial charge in [-0.2, -0.15) is 0 Å². The van der Waals surface area contributed by atoms with Crippen LogP contribution in [0.4, 0.5) is 0 Å². The SMILES string of the molecule is CC12CCC(C(=O)C3CO3)CC1O2. The van der Waals surface area contributed by atoms with E-state index in [0.717, 1.165) is 19.3 Å². The smallest absolute Gasteiger partial charge is 0.167 e. The lowest BCUT2D eigenvalue weighted by atomic mass is 9.80. The first-order valence-electron chi connectivity index (χ1n) is 5.02. The number of hydrogen-bond acceptors (Lipinski definition) is 3. The molecule has 0 radical (unpaired) electrons. The molecule has 13 heavy (non-hydrogen) atoms. The van der Waals surface area contributed by atoms with Gasteiger partial charge in [-0.3, -0.25) is 4.79 Å². The van der Waals surface area contributed by atoms with E-state index in [4.69, 9.17) is 9.47 Å². The van der Waals surface area contributed by atoms with E-state index in [2.05, 4.69) is 6.92 Å². The molecule has 0 spiro atoms. The number of rotatable bonds is 2. The summed E-state index contributed by atoms with van der Waals surface area (Å²) in [7, 11) is 0. The summed E-state index contributed by atoms with van der Waals surface area (Å²) < 4.78 is 10.6. The van der Waals surface area contributed by atoms with Gasteiger partial charge in [-0.05, 0) is 26.2 Å². The molecule has 3 aliphatic rings. The summed E-state index contributed by atoms with van der Waals surface area (Å²) >= 11 is 0. The molecule has 0 aromatic heterocycles. The minimum Gasteiger partial charge on any atom is -0.366 e. The third-order valence-corrected chi connectivity index (χ3v) is 3.58. The largest absolute Gasteiger partial charge is 0.366 e. The Labute approximate surface area is 77.4 Å². The predicted octanol–water partition coefficient (Wildman–Crippen LogP) is 0.912. The number of ketones is 1. The number of carbonyl (C=O) groups excluding carboxylic acids is 1. The zero-order valence-electron chi connectivity index (χ0n) is 7.79. The Morgan fingerprint density at radius 2 is 2.31 bits per heavy atom. The van der Waals surface area contributed by atoms with Gasteiger partial charge in [-0.15, -0.1) is 0 Å². The van der Waals surface area contributed by atoms with Gasteiger partial charge in [0.15, 0.2) is 5.78 Å². The van der Waals surface area contributed by atoms with Crippen LogP contribution in [-0.2, 0) is 14.3 Å². The first-order valence-corrected chi connectivity index (χ1v) is 5.02. The Morgan fingerprint density at radius 3 is 2.92 bits per heavy atom. The van der Waals surface area contributed by atoms with Gasteiger partial charge in [-0.25, -0.2) is 0 Å². The number of Topliss-reactive ketones (excluding diaryl/α,β-unsaturated/α-hetero) is 1. The summed E-state index contributed by atoms with van der Waals surface area (Å²) in [5, 5.41) is 0. The van der Waals surface area contributed by atoms with E-state index in [9.17, 15) is 4.79 Å². The number of carbonyl (C=O) groups is 1. The summed E-state index contributed by atoms with van der Waals surface area (Å²) in [6.07, 6.45) is 3.25. The molecule has 2 aliphatic heterocycles. The minimum atomic E-state index is -0.0619. The monoisotopic (exact) mass is 182 g/mol. The highest BCUT2D eigenvalue weighted by Crippen LogP contribution is 2.49. The predicted molar refractivity (Wildman–Crippen MR) is 45.4 cm³/mol. The minimum absolute atomic E-state index is 0.0619. The van der Waals surface area contributed by atoms with E-state index in [1.54, 1.807) is 0 Å². The van der Waals surface area contributed by atoms with E-state index in [-0.39, 0.29) is 17.6 Å². The summed E-state index contributed by atoms with van der Waals surface area (Å²) in [4.78, 5) is 11.6. The summed E-state index contributed by atoms with van der Waals surface area (Å²) in [6.45, 7) is 2.80. The van der Waals surface area contributed by atoms with Gasteiger partial charge in [0, 0.05) is 5.92 Å². The lowest BCUT2D eigenvalue weighted by Crippen LogP contribution is -2.29. The molecule has 0 aromatic rings. The molecule has 72 valence electrons. The van der Waals surface area contributed by atoms with Gasteiger partial charge in [0.25, 0.3) is 0 Å². The lowest BCUT2D eigenvalue weighted by molar-refractivity contribution is -0.124. The molecule has 2 saturated heterocycles. The number of epoxide rings is 2. The highest BCUT2D eigenvalue weighted by molar-refractivity contribution is 5.87. The highest BCUT2D eigenvalue weighted by atomic mass is 16.6. The Balaban J connectivity index is 1.64. The molecular formula is C10H14O3. The van der Waals surface area contributed by atoms with Gasteiger partial charge in [0.2, 0.25) is 0 Å². The van der Waals surface area contributed by atoms with Crippen molar-refractivity contribution in [3.63, 3.8) is 0 Å². The summed E-state index contributed by atoms with van der Waals surface area (Å²) in [6, 6.07) is 0. The Hall–Kier alpha value is -0.410. The van der Waals surface area contributed by atoms with Crippen LogP contribution < -0.4 is 0 Å². The third kappa shape index (κ3) is 1.22. The summed E-state index contributed by atoms with van der Waals surface area (Å²) in [5.74, 6) is 0.533. The van der Waals surface area contributed by atoms with Crippen LogP contribution in [0.1, 0.15) is 26.2 Å². The van der Waals surface area contributed by atoms with Crippen molar-refractivity contribution in [2.75, 3.05) is 6.61 Å². The summed E-state index contributed by atoms with van der Waals surface area (Å²) in [5.41, 5.74) is 0.126. The standard InChI is InChI=1S/C10H14O3/c1-10-3-2-6(4-8(10)13-10)9(11)7-5-12-7/h6-8H,2-5H2,1H3. The molecule has 0 N–H and O–H groups in total. The Morgan fingerprint density at radius 1 is 1.54 bits per heavy atom. The molecule has 3 rings (SSSR count). The van der Waals surface area contributed by atoms with E-state index < -0.39 is 0 Å². The average molecular weight is 182 g/mol. The maximum atomic E-state index is 11.6. The van der Waals surface area contributed by atoms with Crippen LogP contribution in [0.5, 0.6) is 0 Å². The molecule has 3 nitrogen and oxygen atoms in total. The Kier molecular flexibility index (Phi) is 1.43. The van der Waals surface area contributed by atoms with Crippen LogP contribution in [-0.4, -0.2) is 30.2 Å². The van der Waals surface area contributed by atoms with Crippen LogP contribution in [0.3, 0.4) is 0 Å². The molecule has 4 atom stereocenters. The molecule has 1 saturated carbocycles. The van der Waals surface area contributed by atoms with Gasteiger partial charge in [0.1, 0.15) is 6.10 Å². The fraction of sp³-hybridized carbons (Fsp3) is 0.900. The number of ether oxygens (including phenoxy) is 2. The van der Waals surface area contributed by atoms with Crippen molar-refractivity contribution in [1.82, 2.24) is 0 Å². The number of fused-ring (bicyclic) bond motifs is 1. The maximum absolute atomic E-state index is 11.6. The van der Waals surface area contributed by atoms with Crippen LogP contribution >= 0.6 is 0 Å². The second-order valence-electron chi connectivity index (χ2n) is 4.61. The quantitative estimate of drug-likeness (QED) is 0.596. The zero-order chi connectivity index (χ0) is 9.05. The molecule has 0 amide bonds. The van der Waals surface area contributed by atoms with Crippen molar-refractivity contribution in [3.8, 4) is 0 Å². The fourth-order valence-corrected chi connectivity index (χ4v) is 2.38. The van der Waals surface area contributed by atoms with Crippen molar-refractivity contribution in [3.05, 3.63) is 0 Å². The molecule has 0 aromatic carbocycles. The third-order valence-electron chi connectivity index (χ3n) is 3.58. The second-order valence-corrected chi connectivity index (χ2v) is 4.61. The first-order chi connectivity index (χ1) is 6.19. The van der Waals surface area contributed by atoms with E-state index in [1.165, 1.54) is 0 Å². The van der Waals surface area contributed by atoms with Crippen LogP contribution in [0.15, 0.2) is 0 Å². The molecule has 2 heterocycles. The van der Waals surface area contributed by atoms with E-state index in [0.29, 0.717) is 18.5 Å². The van der Waals surface area contributed by atoms with Crippen molar-refractivity contribution < 1.29 is 14.3 Å². The van der Waals surface area contributed by atoms with Crippen LogP contribution in [0.2, 0.25) is 0 Å². The zero-order valence-corrected chi connectivity index (χ0v) is 7.79. The van der Waals surface area contributed by atoms with E-state index >= 15 is 0 Å². The van der Waals surface area contributed by atoms with Crippen molar-refractivity contribution in [2.45, 2.75) is 44.0 Å². The highest BCUT2D eigenvalue weighted by Gasteiger charge is 2.57. The van der Waals surface area contributed by atoms with Crippen molar-refractivity contribution in [2.24, 2.45) is 5.92 Å².